The third-order valence-electron chi connectivity index (χ3n) is 8.65. The van der Waals surface area contributed by atoms with E-state index >= 15 is 0 Å². The Labute approximate surface area is 233 Å². The summed E-state index contributed by atoms with van der Waals surface area (Å²) >= 11 is 0. The Morgan fingerprint density at radius 2 is 1.27 bits per heavy atom. The van der Waals surface area contributed by atoms with E-state index in [1.807, 2.05) is 0 Å². The number of para-hydroxylation sites is 4. The lowest BCUT2D eigenvalue weighted by molar-refractivity contribution is 0.670. The molecule has 0 bridgehead atoms. The van der Waals surface area contributed by atoms with Crippen LogP contribution in [0.1, 0.15) is 0 Å². The van der Waals surface area contributed by atoms with Crippen LogP contribution in [0.3, 0.4) is 0 Å². The highest BCUT2D eigenvalue weighted by Gasteiger charge is 2.23. The number of nitrogens with zero attached hydrogens (tertiary/aromatic N) is 3. The highest BCUT2D eigenvalue weighted by atomic mass is 16.3. The van der Waals surface area contributed by atoms with Crippen molar-refractivity contribution >= 4 is 82.1 Å². The van der Waals surface area contributed by atoms with Gasteiger partial charge in [-0.2, -0.15) is 0 Å². The molecule has 6 aromatic carbocycles. The number of imidazole rings is 1. The minimum atomic E-state index is 0.879. The highest BCUT2D eigenvalue weighted by Crippen LogP contribution is 2.43. The zero-order valence-corrected chi connectivity index (χ0v) is 21.9. The van der Waals surface area contributed by atoms with Gasteiger partial charge in [-0.15, -0.1) is 0 Å². The number of hydrogen-bond donors (Lipinski definition) is 0. The first kappa shape index (κ1) is 21.2. The summed E-state index contributed by atoms with van der Waals surface area (Å²) in [7, 11) is 0. The number of hydrogen-bond acceptors (Lipinski definition) is 2. The highest BCUT2D eigenvalue weighted by molar-refractivity contribution is 6.28. The van der Waals surface area contributed by atoms with Crippen LogP contribution in [0.25, 0.3) is 87.8 Å². The Balaban J connectivity index is 1.54. The van der Waals surface area contributed by atoms with Crippen molar-refractivity contribution in [1.29, 1.82) is 0 Å². The molecule has 0 aliphatic carbocycles. The normalized spacial score (nSPS) is 12.4. The fourth-order valence-electron chi connectivity index (χ4n) is 6.95. The molecule has 0 N–H and O–H groups in total. The molecule has 4 heteroatoms. The lowest BCUT2D eigenvalue weighted by atomic mass is 10.00. The number of fused-ring (bicyclic) bond motifs is 15. The summed E-state index contributed by atoms with van der Waals surface area (Å²) in [6.45, 7) is 0. The van der Waals surface area contributed by atoms with E-state index in [-0.39, 0.29) is 0 Å². The molecule has 4 heterocycles. The van der Waals surface area contributed by atoms with Gasteiger partial charge in [0.05, 0.1) is 16.6 Å². The zero-order chi connectivity index (χ0) is 26.7. The van der Waals surface area contributed by atoms with Gasteiger partial charge < -0.3 is 4.42 Å². The van der Waals surface area contributed by atoms with Crippen LogP contribution in [0.15, 0.2) is 132 Å². The summed E-state index contributed by atoms with van der Waals surface area (Å²) in [6.07, 6.45) is 0. The quantitative estimate of drug-likeness (QED) is 0.215. The molecule has 190 valence electrons. The second-order valence-electron chi connectivity index (χ2n) is 10.8. The molecule has 10 rings (SSSR count). The summed E-state index contributed by atoms with van der Waals surface area (Å²) in [4.78, 5) is 5.22. The van der Waals surface area contributed by atoms with Crippen LogP contribution < -0.4 is 0 Å². The second kappa shape index (κ2) is 7.52. The Morgan fingerprint density at radius 3 is 2.17 bits per heavy atom. The van der Waals surface area contributed by atoms with Crippen molar-refractivity contribution in [3.63, 3.8) is 0 Å². The van der Waals surface area contributed by atoms with E-state index in [1.54, 1.807) is 0 Å². The van der Waals surface area contributed by atoms with Gasteiger partial charge in [0.25, 0.3) is 0 Å². The summed E-state index contributed by atoms with van der Waals surface area (Å²) in [5.74, 6) is 0. The Hall–Kier alpha value is -5.61. The molecule has 10 aromatic rings. The van der Waals surface area contributed by atoms with E-state index in [0.717, 1.165) is 55.3 Å². The van der Waals surface area contributed by atoms with Gasteiger partial charge in [0.2, 0.25) is 0 Å². The molecule has 0 atom stereocenters. The van der Waals surface area contributed by atoms with Crippen molar-refractivity contribution in [3.05, 3.63) is 127 Å². The van der Waals surface area contributed by atoms with Gasteiger partial charge in [-0.05, 0) is 64.7 Å². The molecule has 0 spiro atoms. The van der Waals surface area contributed by atoms with Crippen LogP contribution >= 0.6 is 0 Å². The molecule has 0 fully saturated rings. The SMILES string of the molecule is c1ccc(-n2c3ccccc3c3c4cc5c(cc4c4nc6ccccc6n4c32)oc2ccc3ccccc3c25)cc1. The van der Waals surface area contributed by atoms with Gasteiger partial charge in [-0.1, -0.05) is 78.9 Å². The second-order valence-corrected chi connectivity index (χ2v) is 10.8. The van der Waals surface area contributed by atoms with Crippen molar-refractivity contribution in [2.75, 3.05) is 0 Å². The summed E-state index contributed by atoms with van der Waals surface area (Å²) in [5, 5.41) is 9.40. The number of pyridine rings is 1. The molecule has 4 nitrogen and oxygen atoms in total. The van der Waals surface area contributed by atoms with E-state index in [9.17, 15) is 0 Å². The maximum Gasteiger partial charge on any atom is 0.147 e. The predicted octanol–water partition coefficient (Wildman–Crippen LogP) is 9.79. The van der Waals surface area contributed by atoms with Crippen LogP contribution in [0.4, 0.5) is 0 Å². The molecule has 0 unspecified atom stereocenters. The summed E-state index contributed by atoms with van der Waals surface area (Å²) < 4.78 is 11.2. The first-order chi connectivity index (χ1) is 20.3. The fourth-order valence-corrected chi connectivity index (χ4v) is 6.95. The van der Waals surface area contributed by atoms with Crippen molar-refractivity contribution in [2.24, 2.45) is 0 Å². The van der Waals surface area contributed by atoms with Crippen molar-refractivity contribution in [3.8, 4) is 5.69 Å². The van der Waals surface area contributed by atoms with Gasteiger partial charge in [-0.3, -0.25) is 8.97 Å². The topological polar surface area (TPSA) is 35.4 Å². The van der Waals surface area contributed by atoms with E-state index < -0.39 is 0 Å². The molecular formula is C37H21N3O. The lowest BCUT2D eigenvalue weighted by Gasteiger charge is -2.11. The van der Waals surface area contributed by atoms with Gasteiger partial charge in [0.15, 0.2) is 0 Å². The molecule has 4 aromatic heterocycles. The van der Waals surface area contributed by atoms with Gasteiger partial charge in [-0.25, -0.2) is 4.98 Å². The standard InChI is InChI=1S/C37H21N3O/c1-2-11-23(12-3-1)39-30-16-8-6-14-25(30)35-26-20-28-33(41-32-19-18-22-10-4-5-13-24(22)34(28)32)21-27(26)36-38-29-15-7-9-17-31(29)40(36)37(35)39/h1-21H. The first-order valence-corrected chi connectivity index (χ1v) is 13.9. The minimum Gasteiger partial charge on any atom is -0.456 e. The van der Waals surface area contributed by atoms with Gasteiger partial charge >= 0.3 is 0 Å². The van der Waals surface area contributed by atoms with Crippen molar-refractivity contribution in [1.82, 2.24) is 14.0 Å². The van der Waals surface area contributed by atoms with Gasteiger partial charge in [0, 0.05) is 32.6 Å². The van der Waals surface area contributed by atoms with Crippen molar-refractivity contribution in [2.45, 2.75) is 0 Å². The number of furan rings is 1. The number of benzene rings is 6. The molecule has 0 radical (unpaired) electrons. The Bertz CT molecular complexity index is 2690. The monoisotopic (exact) mass is 523 g/mol. The average molecular weight is 524 g/mol. The third kappa shape index (κ3) is 2.66. The molecule has 0 saturated heterocycles. The smallest absolute Gasteiger partial charge is 0.147 e. The maximum atomic E-state index is 6.52. The zero-order valence-electron chi connectivity index (χ0n) is 21.9. The number of rotatable bonds is 1. The van der Waals surface area contributed by atoms with Crippen LogP contribution in [0, 0.1) is 0 Å². The Morgan fingerprint density at radius 1 is 0.512 bits per heavy atom. The van der Waals surface area contributed by atoms with E-state index in [0.29, 0.717) is 0 Å². The van der Waals surface area contributed by atoms with E-state index in [1.165, 1.54) is 32.4 Å². The summed E-state index contributed by atoms with van der Waals surface area (Å²) in [5.41, 5.74) is 8.18. The van der Waals surface area contributed by atoms with Crippen LogP contribution in [-0.2, 0) is 0 Å². The van der Waals surface area contributed by atoms with E-state index in [4.69, 9.17) is 9.40 Å². The minimum absolute atomic E-state index is 0.879. The third-order valence-corrected chi connectivity index (χ3v) is 8.65. The molecule has 0 aliphatic rings. The molecule has 0 amide bonds. The predicted molar refractivity (Wildman–Crippen MR) is 169 cm³/mol. The van der Waals surface area contributed by atoms with Crippen LogP contribution in [-0.4, -0.2) is 14.0 Å². The number of aromatic nitrogens is 3. The molecular weight excluding hydrogens is 502 g/mol. The molecule has 0 saturated carbocycles. The van der Waals surface area contributed by atoms with Crippen LogP contribution in [0.2, 0.25) is 0 Å². The lowest BCUT2D eigenvalue weighted by Crippen LogP contribution is -1.99. The molecule has 0 aliphatic heterocycles. The largest absolute Gasteiger partial charge is 0.456 e. The molecule has 41 heavy (non-hydrogen) atoms. The van der Waals surface area contributed by atoms with Gasteiger partial charge in [0.1, 0.15) is 22.5 Å². The van der Waals surface area contributed by atoms with Crippen molar-refractivity contribution < 1.29 is 4.42 Å². The first-order valence-electron chi connectivity index (χ1n) is 13.9. The van der Waals surface area contributed by atoms with Crippen LogP contribution in [0.5, 0.6) is 0 Å². The Kier molecular flexibility index (Phi) is 3.90. The average Bonchev–Trinajstić information content (AvgIpc) is 3.70. The maximum absolute atomic E-state index is 6.52. The van der Waals surface area contributed by atoms with E-state index in [2.05, 4.69) is 136 Å². The fraction of sp³-hybridized carbons (Fsp3) is 0. The summed E-state index contributed by atoms with van der Waals surface area (Å²) in [6, 6.07) is 45.1.